The van der Waals surface area contributed by atoms with Crippen LogP contribution >= 0.6 is 39.9 Å². The van der Waals surface area contributed by atoms with E-state index in [2.05, 4.69) is 26.1 Å². The molecule has 1 aromatic carbocycles. The van der Waals surface area contributed by atoms with Crippen LogP contribution in [0.4, 0.5) is 4.39 Å². The van der Waals surface area contributed by atoms with Crippen molar-refractivity contribution in [3.05, 3.63) is 33.3 Å². The van der Waals surface area contributed by atoms with Gasteiger partial charge in [0, 0.05) is 35.7 Å². The Morgan fingerprint density at radius 3 is 2.61 bits per heavy atom. The van der Waals surface area contributed by atoms with E-state index in [1.54, 1.807) is 0 Å². The van der Waals surface area contributed by atoms with Crippen LogP contribution in [-0.4, -0.2) is 37.8 Å². The van der Waals surface area contributed by atoms with Crippen LogP contribution in [0, 0.1) is 0 Å². The summed E-state index contributed by atoms with van der Waals surface area (Å²) in [5.41, 5.74) is 0.874. The molecule has 0 bridgehead atoms. The highest BCUT2D eigenvalue weighted by Crippen LogP contribution is 2.30. The molecule has 0 aromatic heterocycles. The molecule has 1 fully saturated rings. The first-order valence-electron chi connectivity index (χ1n) is 5.68. The van der Waals surface area contributed by atoms with E-state index in [9.17, 15) is 4.39 Å². The van der Waals surface area contributed by atoms with Crippen molar-refractivity contribution in [3.8, 4) is 0 Å². The molecule has 0 radical (unpaired) electrons. The second-order valence-corrected chi connectivity index (χ2v) is 5.44. The lowest BCUT2D eigenvalue weighted by molar-refractivity contribution is 0.147. The predicted molar refractivity (Wildman–Crippen MR) is 79.6 cm³/mol. The van der Waals surface area contributed by atoms with E-state index in [1.165, 1.54) is 0 Å². The smallest absolute Gasteiger partial charge is 0.109 e. The van der Waals surface area contributed by atoms with E-state index >= 15 is 0 Å². The Bertz CT molecular complexity index is 386. The van der Waals surface area contributed by atoms with Crippen LogP contribution < -0.4 is 5.32 Å². The van der Waals surface area contributed by atoms with Crippen molar-refractivity contribution < 1.29 is 4.39 Å². The fourth-order valence-electron chi connectivity index (χ4n) is 2.14. The van der Waals surface area contributed by atoms with E-state index < -0.39 is 6.67 Å². The topological polar surface area (TPSA) is 15.3 Å². The molecule has 0 saturated carbocycles. The Morgan fingerprint density at radius 1 is 1.39 bits per heavy atom. The van der Waals surface area contributed by atoms with Gasteiger partial charge in [0.15, 0.2) is 0 Å². The van der Waals surface area contributed by atoms with E-state index in [1.807, 2.05) is 18.2 Å². The number of halogens is 4. The summed E-state index contributed by atoms with van der Waals surface area (Å²) in [4.78, 5) is 2.14. The molecule has 1 aliphatic heterocycles. The second-order valence-electron chi connectivity index (χ2n) is 4.12. The Morgan fingerprint density at radius 2 is 2.06 bits per heavy atom. The number of hydrogen-bond donors (Lipinski definition) is 1. The fraction of sp³-hybridized carbons (Fsp3) is 0.500. The highest BCUT2D eigenvalue weighted by Gasteiger charge is 2.23. The maximum Gasteiger partial charge on any atom is 0.109 e. The highest BCUT2D eigenvalue weighted by atomic mass is 79.9. The Labute approximate surface area is 126 Å². The Hall–Kier alpha value is 0.130. The number of nitrogens with one attached hydrogen (secondary N) is 1. The molecule has 2 rings (SSSR count). The Balaban J connectivity index is 0.00000162. The molecular formula is C12H16BrCl2FN2. The van der Waals surface area contributed by atoms with Crippen molar-refractivity contribution in [2.75, 3.05) is 32.9 Å². The third-order valence-corrected chi connectivity index (χ3v) is 3.88. The van der Waals surface area contributed by atoms with Crippen LogP contribution in [0.2, 0.25) is 5.02 Å². The normalized spacial score (nSPS) is 18.2. The zero-order chi connectivity index (χ0) is 12.3. The molecule has 1 saturated heterocycles. The zero-order valence-corrected chi connectivity index (χ0v) is 13.0. The van der Waals surface area contributed by atoms with Crippen molar-refractivity contribution in [3.63, 3.8) is 0 Å². The van der Waals surface area contributed by atoms with E-state index in [-0.39, 0.29) is 18.4 Å². The van der Waals surface area contributed by atoms with Gasteiger partial charge in [-0.15, -0.1) is 12.4 Å². The van der Waals surface area contributed by atoms with Gasteiger partial charge in [-0.1, -0.05) is 33.6 Å². The first-order chi connectivity index (χ1) is 8.22. The summed E-state index contributed by atoms with van der Waals surface area (Å²) in [6, 6.07) is 5.41. The lowest BCUT2D eigenvalue weighted by Gasteiger charge is -2.34. The van der Waals surface area contributed by atoms with Gasteiger partial charge >= 0.3 is 0 Å². The second kappa shape index (κ2) is 7.65. The third kappa shape index (κ3) is 3.81. The minimum atomic E-state index is -0.401. The molecule has 1 N–H and O–H groups in total. The average Bonchev–Trinajstić information content (AvgIpc) is 2.34. The Kier molecular flexibility index (Phi) is 6.88. The van der Waals surface area contributed by atoms with E-state index in [0.29, 0.717) is 5.02 Å². The molecule has 1 aliphatic rings. The van der Waals surface area contributed by atoms with Crippen LogP contribution in [0.3, 0.4) is 0 Å². The number of piperazine rings is 1. The lowest BCUT2D eigenvalue weighted by Crippen LogP contribution is -2.45. The van der Waals surface area contributed by atoms with E-state index in [0.717, 1.165) is 36.2 Å². The molecule has 0 unspecified atom stereocenters. The van der Waals surface area contributed by atoms with Crippen LogP contribution in [0.5, 0.6) is 0 Å². The first kappa shape index (κ1) is 16.2. The standard InChI is InChI=1S/C12H15BrClFN2.ClH/c13-9-1-2-10(11(14)7-9)12(8-15)17-5-3-16-4-6-17;/h1-2,7,12,16H,3-6,8H2;1H/t12-;/m0./s1. The summed E-state index contributed by atoms with van der Waals surface area (Å²) in [6.45, 7) is 3.14. The van der Waals surface area contributed by atoms with Crippen molar-refractivity contribution in [1.29, 1.82) is 0 Å². The number of alkyl halides is 1. The van der Waals surface area contributed by atoms with Gasteiger partial charge in [-0.25, -0.2) is 4.39 Å². The van der Waals surface area contributed by atoms with Crippen LogP contribution in [-0.2, 0) is 0 Å². The predicted octanol–water partition coefficient (Wildman–Crippen LogP) is 3.44. The van der Waals surface area contributed by atoms with Crippen molar-refractivity contribution in [2.24, 2.45) is 0 Å². The maximum atomic E-state index is 13.3. The highest BCUT2D eigenvalue weighted by molar-refractivity contribution is 9.10. The van der Waals surface area contributed by atoms with E-state index in [4.69, 9.17) is 11.6 Å². The average molecular weight is 358 g/mol. The quantitative estimate of drug-likeness (QED) is 0.891. The maximum absolute atomic E-state index is 13.3. The zero-order valence-electron chi connectivity index (χ0n) is 9.83. The van der Waals surface area contributed by atoms with Gasteiger partial charge in [0.25, 0.3) is 0 Å². The summed E-state index contributed by atoms with van der Waals surface area (Å²) in [7, 11) is 0. The molecule has 2 nitrogen and oxygen atoms in total. The SMILES string of the molecule is Cl.FC[C@@H](c1ccc(Br)cc1Cl)N1CCNCC1. The molecule has 1 aromatic rings. The molecule has 102 valence electrons. The summed E-state index contributed by atoms with van der Waals surface area (Å²) in [5, 5.41) is 3.89. The van der Waals surface area contributed by atoms with Crippen molar-refractivity contribution >= 4 is 39.9 Å². The molecule has 0 spiro atoms. The van der Waals surface area contributed by atoms with Gasteiger partial charge in [0.1, 0.15) is 6.67 Å². The minimum Gasteiger partial charge on any atom is -0.314 e. The summed E-state index contributed by atoms with van der Waals surface area (Å²) < 4.78 is 14.2. The molecule has 18 heavy (non-hydrogen) atoms. The number of benzene rings is 1. The van der Waals surface area contributed by atoms with Gasteiger partial charge in [0.2, 0.25) is 0 Å². The van der Waals surface area contributed by atoms with Crippen LogP contribution in [0.15, 0.2) is 22.7 Å². The van der Waals surface area contributed by atoms with Gasteiger partial charge in [-0.05, 0) is 17.7 Å². The van der Waals surface area contributed by atoms with Gasteiger partial charge in [-0.3, -0.25) is 4.90 Å². The first-order valence-corrected chi connectivity index (χ1v) is 6.85. The molecule has 6 heteroatoms. The van der Waals surface area contributed by atoms with Crippen molar-refractivity contribution in [2.45, 2.75) is 6.04 Å². The third-order valence-electron chi connectivity index (χ3n) is 3.06. The number of rotatable bonds is 3. The molecule has 0 amide bonds. The van der Waals surface area contributed by atoms with Gasteiger partial charge in [0.05, 0.1) is 6.04 Å². The number of hydrogen-bond acceptors (Lipinski definition) is 2. The number of nitrogens with zero attached hydrogens (tertiary/aromatic N) is 1. The monoisotopic (exact) mass is 356 g/mol. The summed E-state index contributed by atoms with van der Waals surface area (Å²) >= 11 is 9.54. The molecular weight excluding hydrogens is 342 g/mol. The summed E-state index contributed by atoms with van der Waals surface area (Å²) in [5.74, 6) is 0. The van der Waals surface area contributed by atoms with Crippen LogP contribution in [0.25, 0.3) is 0 Å². The molecule has 1 heterocycles. The van der Waals surface area contributed by atoms with Crippen molar-refractivity contribution in [1.82, 2.24) is 10.2 Å². The van der Waals surface area contributed by atoms with Gasteiger partial charge in [-0.2, -0.15) is 0 Å². The summed E-state index contributed by atoms with van der Waals surface area (Å²) in [6.07, 6.45) is 0. The fourth-order valence-corrected chi connectivity index (χ4v) is 2.94. The lowest BCUT2D eigenvalue weighted by atomic mass is 10.1. The largest absolute Gasteiger partial charge is 0.314 e. The van der Waals surface area contributed by atoms with Crippen LogP contribution in [0.1, 0.15) is 11.6 Å². The van der Waals surface area contributed by atoms with Gasteiger partial charge < -0.3 is 5.32 Å². The molecule has 0 aliphatic carbocycles. The minimum absolute atomic E-state index is 0. The molecule has 1 atom stereocenters.